The predicted molar refractivity (Wildman–Crippen MR) is 77.6 cm³/mol. The maximum Gasteiger partial charge on any atom is 0.226 e. The van der Waals surface area contributed by atoms with Crippen LogP contribution in [0.2, 0.25) is 0 Å². The smallest absolute Gasteiger partial charge is 0.226 e. The number of nitrogens with zero attached hydrogens (tertiary/aromatic N) is 3. The van der Waals surface area contributed by atoms with Gasteiger partial charge in [-0.2, -0.15) is 4.98 Å². The van der Waals surface area contributed by atoms with E-state index < -0.39 is 9.84 Å². The molecule has 2 saturated heterocycles. The van der Waals surface area contributed by atoms with Gasteiger partial charge in [0, 0.05) is 18.5 Å². The van der Waals surface area contributed by atoms with Crippen LogP contribution in [0.25, 0.3) is 0 Å². The van der Waals surface area contributed by atoms with E-state index in [0.29, 0.717) is 24.7 Å². The monoisotopic (exact) mass is 314 g/mol. The Labute approximate surface area is 125 Å². The number of aryl methyl sites for hydroxylation is 1. The number of likely N-dealkylation sites (tertiary alicyclic amines) is 1. The van der Waals surface area contributed by atoms with Crippen molar-refractivity contribution in [2.75, 3.05) is 24.6 Å². The van der Waals surface area contributed by atoms with Crippen molar-refractivity contribution in [3.05, 3.63) is 11.7 Å². The topological polar surface area (TPSA) is 88.3 Å². The summed E-state index contributed by atoms with van der Waals surface area (Å²) in [5, 5.41) is 7.21. The summed E-state index contributed by atoms with van der Waals surface area (Å²) >= 11 is 0. The molecule has 0 amide bonds. The first-order chi connectivity index (χ1) is 10.1. The molecule has 3 rings (SSSR count). The molecule has 1 aromatic heterocycles. The summed E-state index contributed by atoms with van der Waals surface area (Å²) in [4.78, 5) is 6.55. The second-order valence-corrected chi connectivity index (χ2v) is 7.99. The van der Waals surface area contributed by atoms with Gasteiger partial charge in [-0.3, -0.25) is 4.90 Å². The van der Waals surface area contributed by atoms with E-state index in [1.54, 1.807) is 0 Å². The molecular formula is C13H22N4O3S. The lowest BCUT2D eigenvalue weighted by Crippen LogP contribution is -2.48. The molecule has 2 atom stereocenters. The Morgan fingerprint density at radius 1 is 1.33 bits per heavy atom. The van der Waals surface area contributed by atoms with Gasteiger partial charge in [-0.15, -0.1) is 0 Å². The number of aromatic nitrogens is 2. The van der Waals surface area contributed by atoms with E-state index in [0.717, 1.165) is 25.9 Å². The molecule has 8 heteroatoms. The number of nitrogens with one attached hydrogen (secondary N) is 1. The van der Waals surface area contributed by atoms with Gasteiger partial charge in [-0.1, -0.05) is 12.1 Å². The molecule has 0 spiro atoms. The molecule has 0 aliphatic carbocycles. The molecule has 2 fully saturated rings. The maximum atomic E-state index is 12.0. The Hall–Kier alpha value is -0.990. The van der Waals surface area contributed by atoms with E-state index in [1.807, 2.05) is 6.92 Å². The van der Waals surface area contributed by atoms with Crippen molar-refractivity contribution in [1.82, 2.24) is 20.4 Å². The Morgan fingerprint density at radius 3 is 2.76 bits per heavy atom. The first-order valence-corrected chi connectivity index (χ1v) is 9.39. The molecular weight excluding hydrogens is 292 g/mol. The summed E-state index contributed by atoms with van der Waals surface area (Å²) in [6.45, 7) is 4.41. The lowest BCUT2D eigenvalue weighted by Gasteiger charge is -2.28. The summed E-state index contributed by atoms with van der Waals surface area (Å²) < 4.78 is 29.0. The second-order valence-electron chi connectivity index (χ2n) is 5.83. The molecule has 118 valence electrons. The van der Waals surface area contributed by atoms with Crippen LogP contribution in [0.3, 0.4) is 0 Å². The van der Waals surface area contributed by atoms with Crippen LogP contribution in [0.5, 0.6) is 0 Å². The largest absolute Gasteiger partial charge is 0.339 e. The Bertz CT molecular complexity index is 580. The van der Waals surface area contributed by atoms with Crippen molar-refractivity contribution in [1.29, 1.82) is 0 Å². The fourth-order valence-corrected chi connectivity index (χ4v) is 5.17. The number of rotatable bonds is 5. The van der Waals surface area contributed by atoms with Gasteiger partial charge in [0.25, 0.3) is 0 Å². The molecule has 1 N–H and O–H groups in total. The summed E-state index contributed by atoms with van der Waals surface area (Å²) in [5.74, 6) is 1.67. The van der Waals surface area contributed by atoms with Crippen LogP contribution in [-0.4, -0.2) is 60.1 Å². The third-order valence-electron chi connectivity index (χ3n) is 4.27. The number of sulfone groups is 1. The normalized spacial score (nSPS) is 29.2. The summed E-state index contributed by atoms with van der Waals surface area (Å²) in [6, 6.07) is 0.0340. The van der Waals surface area contributed by atoms with Crippen LogP contribution in [0.15, 0.2) is 4.52 Å². The quantitative estimate of drug-likeness (QED) is 0.817. The van der Waals surface area contributed by atoms with E-state index in [4.69, 9.17) is 4.52 Å². The number of hydrogen-bond donors (Lipinski definition) is 1. The molecule has 2 aliphatic heterocycles. The van der Waals surface area contributed by atoms with E-state index in [2.05, 4.69) is 20.4 Å². The van der Waals surface area contributed by atoms with E-state index >= 15 is 0 Å². The first-order valence-electron chi connectivity index (χ1n) is 7.57. The van der Waals surface area contributed by atoms with E-state index in [-0.39, 0.29) is 23.6 Å². The Morgan fingerprint density at radius 2 is 2.10 bits per heavy atom. The van der Waals surface area contributed by atoms with Crippen molar-refractivity contribution < 1.29 is 12.9 Å². The average Bonchev–Trinajstić information content (AvgIpc) is 3.15. The van der Waals surface area contributed by atoms with Crippen molar-refractivity contribution in [3.8, 4) is 0 Å². The molecule has 0 unspecified atom stereocenters. The fourth-order valence-electron chi connectivity index (χ4n) is 3.19. The zero-order valence-electron chi connectivity index (χ0n) is 12.3. The van der Waals surface area contributed by atoms with Crippen LogP contribution in [0, 0.1) is 0 Å². The van der Waals surface area contributed by atoms with Gasteiger partial charge in [0.1, 0.15) is 0 Å². The van der Waals surface area contributed by atoms with E-state index in [1.165, 1.54) is 0 Å². The zero-order valence-corrected chi connectivity index (χ0v) is 13.1. The zero-order chi connectivity index (χ0) is 14.9. The van der Waals surface area contributed by atoms with Gasteiger partial charge in [-0.05, 0) is 25.9 Å². The van der Waals surface area contributed by atoms with Crippen molar-refractivity contribution in [2.24, 2.45) is 0 Å². The highest BCUT2D eigenvalue weighted by Gasteiger charge is 2.41. The highest BCUT2D eigenvalue weighted by atomic mass is 32.2. The minimum absolute atomic E-state index is 0.0447. The molecule has 3 heterocycles. The van der Waals surface area contributed by atoms with Gasteiger partial charge < -0.3 is 9.84 Å². The van der Waals surface area contributed by atoms with Gasteiger partial charge in [0.15, 0.2) is 15.7 Å². The van der Waals surface area contributed by atoms with Crippen molar-refractivity contribution >= 4 is 9.84 Å². The standard InChI is InChI=1S/C13H22N4O3S/c1-2-13-15-12(16-20-13)7-14-10-8-21(18,19)9-11(10)17-5-3-4-6-17/h10-11,14H,2-9H2,1H3/t10-,11-/m1/s1. The predicted octanol–water partition coefficient (Wildman–Crippen LogP) is -0.0170. The fraction of sp³-hybridized carbons (Fsp3) is 0.846. The third kappa shape index (κ3) is 3.44. The van der Waals surface area contributed by atoms with Crippen LogP contribution in [0.4, 0.5) is 0 Å². The van der Waals surface area contributed by atoms with Crippen molar-refractivity contribution in [2.45, 2.75) is 44.8 Å². The van der Waals surface area contributed by atoms with Gasteiger partial charge in [0.2, 0.25) is 5.89 Å². The van der Waals surface area contributed by atoms with Crippen LogP contribution >= 0.6 is 0 Å². The second kappa shape index (κ2) is 6.02. The third-order valence-corrected chi connectivity index (χ3v) is 5.98. The lowest BCUT2D eigenvalue weighted by atomic mass is 10.1. The molecule has 0 radical (unpaired) electrons. The van der Waals surface area contributed by atoms with Crippen LogP contribution in [-0.2, 0) is 22.8 Å². The number of hydrogen-bond acceptors (Lipinski definition) is 7. The minimum Gasteiger partial charge on any atom is -0.339 e. The highest BCUT2D eigenvalue weighted by molar-refractivity contribution is 7.91. The van der Waals surface area contributed by atoms with Crippen LogP contribution < -0.4 is 5.32 Å². The van der Waals surface area contributed by atoms with E-state index in [9.17, 15) is 8.42 Å². The molecule has 1 aromatic rings. The first kappa shape index (κ1) is 14.9. The SMILES string of the molecule is CCc1nc(CN[C@@H]2CS(=O)(=O)C[C@H]2N2CCCC2)no1. The van der Waals surface area contributed by atoms with Crippen LogP contribution in [0.1, 0.15) is 31.5 Å². The molecule has 2 aliphatic rings. The molecule has 7 nitrogen and oxygen atoms in total. The maximum absolute atomic E-state index is 12.0. The Balaban J connectivity index is 1.64. The Kier molecular flexibility index (Phi) is 4.28. The summed E-state index contributed by atoms with van der Waals surface area (Å²) in [5.41, 5.74) is 0. The summed E-state index contributed by atoms with van der Waals surface area (Å²) in [6.07, 6.45) is 3.03. The highest BCUT2D eigenvalue weighted by Crippen LogP contribution is 2.22. The average molecular weight is 314 g/mol. The van der Waals surface area contributed by atoms with Gasteiger partial charge in [-0.25, -0.2) is 8.42 Å². The molecule has 0 bridgehead atoms. The van der Waals surface area contributed by atoms with Gasteiger partial charge >= 0.3 is 0 Å². The van der Waals surface area contributed by atoms with Gasteiger partial charge in [0.05, 0.1) is 18.1 Å². The summed E-state index contributed by atoms with van der Waals surface area (Å²) in [7, 11) is -2.95. The molecule has 21 heavy (non-hydrogen) atoms. The van der Waals surface area contributed by atoms with Crippen molar-refractivity contribution in [3.63, 3.8) is 0 Å². The minimum atomic E-state index is -2.95. The lowest BCUT2D eigenvalue weighted by molar-refractivity contribution is 0.225. The molecule has 0 saturated carbocycles. The molecule has 0 aromatic carbocycles.